The van der Waals surface area contributed by atoms with Gasteiger partial charge in [0.1, 0.15) is 0 Å². The second-order valence-corrected chi connectivity index (χ2v) is 3.82. The second-order valence-electron chi connectivity index (χ2n) is 3.82. The Bertz CT molecular complexity index is 548. The van der Waals surface area contributed by atoms with Gasteiger partial charge in [-0.05, 0) is 18.6 Å². The SMILES string of the molecule is C=COCCCNC(=O)c1ccc2cn[nH]c2c1. The van der Waals surface area contributed by atoms with Gasteiger partial charge in [0.2, 0.25) is 0 Å². The number of amides is 1. The molecule has 5 nitrogen and oxygen atoms in total. The molecule has 94 valence electrons. The van der Waals surface area contributed by atoms with Gasteiger partial charge in [0.15, 0.2) is 0 Å². The number of hydrogen-bond acceptors (Lipinski definition) is 3. The van der Waals surface area contributed by atoms with Crippen LogP contribution >= 0.6 is 0 Å². The van der Waals surface area contributed by atoms with Crippen LogP contribution in [0.2, 0.25) is 0 Å². The van der Waals surface area contributed by atoms with Crippen LogP contribution in [0.1, 0.15) is 16.8 Å². The number of carbonyl (C=O) groups excluding carboxylic acids is 1. The predicted molar refractivity (Wildman–Crippen MR) is 69.2 cm³/mol. The molecular weight excluding hydrogens is 230 g/mol. The summed E-state index contributed by atoms with van der Waals surface area (Å²) in [6, 6.07) is 5.44. The Morgan fingerprint density at radius 3 is 3.28 bits per heavy atom. The van der Waals surface area contributed by atoms with E-state index >= 15 is 0 Å². The maximum absolute atomic E-state index is 11.8. The number of rotatable bonds is 6. The lowest BCUT2D eigenvalue weighted by Crippen LogP contribution is -2.25. The van der Waals surface area contributed by atoms with Crippen molar-refractivity contribution in [2.24, 2.45) is 0 Å². The summed E-state index contributed by atoms with van der Waals surface area (Å²) in [5.41, 5.74) is 1.48. The monoisotopic (exact) mass is 245 g/mol. The van der Waals surface area contributed by atoms with Crippen LogP contribution in [-0.2, 0) is 4.74 Å². The number of aromatic nitrogens is 2. The highest BCUT2D eigenvalue weighted by molar-refractivity contribution is 5.97. The van der Waals surface area contributed by atoms with Gasteiger partial charge in [-0.25, -0.2) is 0 Å². The minimum absolute atomic E-state index is 0.0925. The maximum Gasteiger partial charge on any atom is 0.251 e. The van der Waals surface area contributed by atoms with Gasteiger partial charge in [-0.15, -0.1) is 0 Å². The van der Waals surface area contributed by atoms with Crippen molar-refractivity contribution in [1.82, 2.24) is 15.5 Å². The summed E-state index contributed by atoms with van der Waals surface area (Å²) < 4.78 is 4.97. The van der Waals surface area contributed by atoms with Crippen LogP contribution in [0.4, 0.5) is 0 Å². The number of ether oxygens (including phenoxy) is 1. The molecule has 2 rings (SSSR count). The van der Waals surface area contributed by atoms with Gasteiger partial charge in [-0.3, -0.25) is 9.89 Å². The van der Waals surface area contributed by atoms with Crippen LogP contribution in [0.15, 0.2) is 37.2 Å². The highest BCUT2D eigenvalue weighted by atomic mass is 16.5. The van der Waals surface area contributed by atoms with Crippen molar-refractivity contribution in [2.45, 2.75) is 6.42 Å². The van der Waals surface area contributed by atoms with Gasteiger partial charge >= 0.3 is 0 Å². The summed E-state index contributed by atoms with van der Waals surface area (Å²) in [7, 11) is 0. The minimum atomic E-state index is -0.0925. The molecule has 2 aromatic rings. The first-order valence-electron chi connectivity index (χ1n) is 5.75. The Labute approximate surface area is 105 Å². The third-order valence-corrected chi connectivity index (χ3v) is 2.55. The average Bonchev–Trinajstić information content (AvgIpc) is 2.85. The Balaban J connectivity index is 1.89. The van der Waals surface area contributed by atoms with Crippen molar-refractivity contribution in [1.29, 1.82) is 0 Å². The van der Waals surface area contributed by atoms with E-state index in [0.717, 1.165) is 17.3 Å². The molecular formula is C13H15N3O2. The van der Waals surface area contributed by atoms with Gasteiger partial charge in [-0.2, -0.15) is 5.10 Å². The van der Waals surface area contributed by atoms with Gasteiger partial charge in [0, 0.05) is 17.5 Å². The number of aromatic amines is 1. The Hall–Kier alpha value is -2.30. The van der Waals surface area contributed by atoms with Crippen LogP contribution in [0.5, 0.6) is 0 Å². The molecule has 2 N–H and O–H groups in total. The molecule has 0 saturated heterocycles. The molecule has 1 aromatic heterocycles. The molecule has 0 saturated carbocycles. The Morgan fingerprint density at radius 2 is 2.44 bits per heavy atom. The topological polar surface area (TPSA) is 67.0 Å². The van der Waals surface area contributed by atoms with Crippen molar-refractivity contribution in [3.63, 3.8) is 0 Å². The predicted octanol–water partition coefficient (Wildman–Crippen LogP) is 1.84. The number of nitrogens with one attached hydrogen (secondary N) is 2. The van der Waals surface area contributed by atoms with E-state index in [0.29, 0.717) is 18.7 Å². The Morgan fingerprint density at radius 1 is 1.56 bits per heavy atom. The highest BCUT2D eigenvalue weighted by Gasteiger charge is 2.06. The van der Waals surface area contributed by atoms with Gasteiger partial charge in [0.05, 0.1) is 24.6 Å². The number of benzene rings is 1. The molecule has 18 heavy (non-hydrogen) atoms. The van der Waals surface area contributed by atoms with E-state index in [9.17, 15) is 4.79 Å². The quantitative estimate of drug-likeness (QED) is 0.603. The maximum atomic E-state index is 11.8. The molecule has 1 heterocycles. The van der Waals surface area contributed by atoms with Crippen molar-refractivity contribution >= 4 is 16.8 Å². The summed E-state index contributed by atoms with van der Waals surface area (Å²) in [5, 5.41) is 10.6. The van der Waals surface area contributed by atoms with Gasteiger partial charge in [-0.1, -0.05) is 12.6 Å². The van der Waals surface area contributed by atoms with E-state index in [1.165, 1.54) is 6.26 Å². The van der Waals surface area contributed by atoms with Crippen LogP contribution in [-0.4, -0.2) is 29.3 Å². The van der Waals surface area contributed by atoms with E-state index in [1.807, 2.05) is 6.07 Å². The van der Waals surface area contributed by atoms with E-state index in [-0.39, 0.29) is 5.91 Å². The van der Waals surface area contributed by atoms with Crippen LogP contribution < -0.4 is 5.32 Å². The molecule has 0 spiro atoms. The number of H-pyrrole nitrogens is 1. The van der Waals surface area contributed by atoms with E-state index in [2.05, 4.69) is 22.1 Å². The van der Waals surface area contributed by atoms with Crippen molar-refractivity contribution in [2.75, 3.05) is 13.2 Å². The zero-order chi connectivity index (χ0) is 12.8. The number of carbonyl (C=O) groups is 1. The number of nitrogens with zero attached hydrogens (tertiary/aromatic N) is 1. The van der Waals surface area contributed by atoms with Crippen LogP contribution in [0.25, 0.3) is 10.9 Å². The summed E-state index contributed by atoms with van der Waals surface area (Å²) in [4.78, 5) is 11.8. The summed E-state index contributed by atoms with van der Waals surface area (Å²) >= 11 is 0. The fourth-order valence-corrected chi connectivity index (χ4v) is 1.62. The number of hydrogen-bond donors (Lipinski definition) is 2. The first-order chi connectivity index (χ1) is 8.81. The van der Waals surface area contributed by atoms with Crippen LogP contribution in [0, 0.1) is 0 Å². The lowest BCUT2D eigenvalue weighted by molar-refractivity contribution is 0.0950. The van der Waals surface area contributed by atoms with Crippen molar-refractivity contribution in [3.8, 4) is 0 Å². The zero-order valence-electron chi connectivity index (χ0n) is 9.98. The summed E-state index contributed by atoms with van der Waals surface area (Å²) in [5.74, 6) is -0.0925. The second kappa shape index (κ2) is 5.86. The van der Waals surface area contributed by atoms with E-state index in [1.54, 1.807) is 18.3 Å². The normalized spacial score (nSPS) is 10.2. The molecule has 0 radical (unpaired) electrons. The van der Waals surface area contributed by atoms with E-state index in [4.69, 9.17) is 4.74 Å². The third-order valence-electron chi connectivity index (χ3n) is 2.55. The molecule has 0 fully saturated rings. The molecule has 0 bridgehead atoms. The van der Waals surface area contributed by atoms with E-state index < -0.39 is 0 Å². The summed E-state index contributed by atoms with van der Waals surface area (Å²) in [6.45, 7) is 4.58. The molecule has 5 heteroatoms. The molecule has 0 aliphatic heterocycles. The standard InChI is InChI=1S/C13H15N3O2/c1-2-18-7-3-6-14-13(17)10-4-5-11-9-15-16-12(11)8-10/h2,4-5,8-9H,1,3,6-7H2,(H,14,17)(H,15,16). The lowest BCUT2D eigenvalue weighted by Gasteiger charge is -2.05. The van der Waals surface area contributed by atoms with Gasteiger partial charge < -0.3 is 10.1 Å². The fourth-order valence-electron chi connectivity index (χ4n) is 1.62. The van der Waals surface area contributed by atoms with Gasteiger partial charge in [0.25, 0.3) is 5.91 Å². The fraction of sp³-hybridized carbons (Fsp3) is 0.231. The average molecular weight is 245 g/mol. The summed E-state index contributed by atoms with van der Waals surface area (Å²) in [6.07, 6.45) is 3.88. The lowest BCUT2D eigenvalue weighted by atomic mass is 10.1. The Kier molecular flexibility index (Phi) is 3.96. The highest BCUT2D eigenvalue weighted by Crippen LogP contribution is 2.12. The largest absolute Gasteiger partial charge is 0.502 e. The van der Waals surface area contributed by atoms with Crippen LogP contribution in [0.3, 0.4) is 0 Å². The molecule has 0 atom stereocenters. The molecule has 0 aliphatic carbocycles. The number of fused-ring (bicyclic) bond motifs is 1. The molecule has 0 unspecified atom stereocenters. The van der Waals surface area contributed by atoms with Crippen molar-refractivity contribution in [3.05, 3.63) is 42.8 Å². The smallest absolute Gasteiger partial charge is 0.251 e. The minimum Gasteiger partial charge on any atom is -0.502 e. The first kappa shape index (κ1) is 12.2. The zero-order valence-corrected chi connectivity index (χ0v) is 9.98. The molecule has 1 aromatic carbocycles. The first-order valence-corrected chi connectivity index (χ1v) is 5.75. The third kappa shape index (κ3) is 2.88. The van der Waals surface area contributed by atoms with Crippen molar-refractivity contribution < 1.29 is 9.53 Å². The molecule has 1 amide bonds. The molecule has 0 aliphatic rings.